The first kappa shape index (κ1) is 16.2. The second-order valence-electron chi connectivity index (χ2n) is 5.86. The van der Waals surface area contributed by atoms with Crippen LogP contribution in [0.25, 0.3) is 27.5 Å². The summed E-state index contributed by atoms with van der Waals surface area (Å²) in [6.07, 6.45) is 0.823. The van der Waals surface area contributed by atoms with Gasteiger partial charge in [0, 0.05) is 24.8 Å². The number of nitrogens with zero attached hydrogens (tertiary/aromatic N) is 4. The lowest BCUT2D eigenvalue weighted by Crippen LogP contribution is -2.11. The van der Waals surface area contributed by atoms with E-state index in [1.165, 1.54) is 4.52 Å². The van der Waals surface area contributed by atoms with Gasteiger partial charge < -0.3 is 10.5 Å². The van der Waals surface area contributed by atoms with Crippen molar-refractivity contribution >= 4 is 22.4 Å². The van der Waals surface area contributed by atoms with E-state index < -0.39 is 13.0 Å². The van der Waals surface area contributed by atoms with Crippen LogP contribution >= 0.6 is 0 Å². The molecule has 0 bridgehead atoms. The number of hydrogen-bond donors (Lipinski definition) is 1. The Morgan fingerprint density at radius 2 is 2.12 bits per heavy atom. The fourth-order valence-corrected chi connectivity index (χ4v) is 2.94. The predicted molar refractivity (Wildman–Crippen MR) is 96.5 cm³/mol. The summed E-state index contributed by atoms with van der Waals surface area (Å²) in [7, 11) is 0. The minimum absolute atomic E-state index is 0. The van der Waals surface area contributed by atoms with Crippen LogP contribution in [0, 0.1) is 6.92 Å². The second-order valence-corrected chi connectivity index (χ2v) is 5.86. The molecule has 3 aromatic heterocycles. The molecule has 4 aromatic rings. The fourth-order valence-electron chi connectivity index (χ4n) is 2.94. The zero-order valence-electron chi connectivity index (χ0n) is 13.9. The van der Waals surface area contributed by atoms with E-state index in [2.05, 4.69) is 15.1 Å². The van der Waals surface area contributed by atoms with Gasteiger partial charge in [-0.2, -0.15) is 4.98 Å². The molecule has 0 fully saturated rings. The van der Waals surface area contributed by atoms with Crippen LogP contribution in [0.2, 0.25) is 0 Å². The highest BCUT2D eigenvalue weighted by molar-refractivity contribution is 5.91. The molecule has 26 heavy (non-hydrogen) atoms. The Labute approximate surface area is 148 Å². The summed E-state index contributed by atoms with van der Waals surface area (Å²) in [5, 5.41) is 5.14. The molecule has 0 saturated heterocycles. The van der Waals surface area contributed by atoms with Crippen molar-refractivity contribution in [3.05, 3.63) is 48.3 Å². The van der Waals surface area contributed by atoms with Crippen molar-refractivity contribution in [2.24, 2.45) is 0 Å². The van der Waals surface area contributed by atoms with Gasteiger partial charge in [0.15, 0.2) is 6.61 Å². The number of aryl methyl sites for hydroxylation is 1. The van der Waals surface area contributed by atoms with Gasteiger partial charge in [0.1, 0.15) is 5.52 Å². The van der Waals surface area contributed by atoms with Crippen LogP contribution in [0.4, 0.5) is 14.7 Å². The van der Waals surface area contributed by atoms with Gasteiger partial charge in [0.2, 0.25) is 11.8 Å². The van der Waals surface area contributed by atoms with Crippen LogP contribution < -0.4 is 10.5 Å². The van der Waals surface area contributed by atoms with Crippen LogP contribution in [0.5, 0.6) is 5.88 Å². The number of anilines is 1. The molecule has 134 valence electrons. The zero-order chi connectivity index (χ0) is 18.3. The van der Waals surface area contributed by atoms with Gasteiger partial charge in [-0.25, -0.2) is 13.3 Å². The number of alkyl halides is 2. The summed E-state index contributed by atoms with van der Waals surface area (Å²) in [6.45, 7) is 1.25. The average molecular weight is 357 g/mol. The number of benzene rings is 1. The van der Waals surface area contributed by atoms with E-state index in [1.807, 2.05) is 37.3 Å². The van der Waals surface area contributed by atoms with E-state index >= 15 is 0 Å². The molecule has 4 rings (SSSR count). The number of nitrogen functional groups attached to an aromatic ring is 1. The Bertz CT molecular complexity index is 1120. The highest BCUT2D eigenvalue weighted by Crippen LogP contribution is 2.33. The maximum atomic E-state index is 12.6. The lowest BCUT2D eigenvalue weighted by Gasteiger charge is -2.09. The molecule has 0 aliphatic heterocycles. The Hall–Kier alpha value is -3.29. The molecule has 8 heteroatoms. The first-order valence-electron chi connectivity index (χ1n) is 7.94. The Kier molecular flexibility index (Phi) is 3.87. The minimum atomic E-state index is -2.61. The average Bonchev–Trinajstić information content (AvgIpc) is 3.03. The summed E-state index contributed by atoms with van der Waals surface area (Å²) in [6, 6.07) is 9.62. The third-order valence-electron chi connectivity index (χ3n) is 4.11. The fraction of sp³-hybridized carbons (Fsp3) is 0.167. The molecule has 6 nitrogen and oxygen atoms in total. The van der Waals surface area contributed by atoms with Crippen LogP contribution in [0.3, 0.4) is 0 Å². The van der Waals surface area contributed by atoms with Crippen LogP contribution in [0.15, 0.2) is 42.7 Å². The maximum Gasteiger partial charge on any atom is 0.272 e. The van der Waals surface area contributed by atoms with Crippen molar-refractivity contribution in [1.82, 2.24) is 19.6 Å². The van der Waals surface area contributed by atoms with Crippen molar-refractivity contribution in [3.63, 3.8) is 0 Å². The van der Waals surface area contributed by atoms with Crippen LogP contribution in [-0.2, 0) is 0 Å². The molecule has 1 aromatic carbocycles. The van der Waals surface area contributed by atoms with Gasteiger partial charge in [-0.05, 0) is 36.2 Å². The van der Waals surface area contributed by atoms with Crippen molar-refractivity contribution in [1.29, 1.82) is 0 Å². The lowest BCUT2D eigenvalue weighted by atomic mass is 10.0. The summed E-state index contributed by atoms with van der Waals surface area (Å²) in [5.41, 5.74) is 9.70. The van der Waals surface area contributed by atoms with E-state index in [-0.39, 0.29) is 13.3 Å². The van der Waals surface area contributed by atoms with E-state index in [0.717, 1.165) is 27.6 Å². The van der Waals surface area contributed by atoms with E-state index in [9.17, 15) is 8.78 Å². The van der Waals surface area contributed by atoms with E-state index in [1.54, 1.807) is 12.4 Å². The third-order valence-corrected chi connectivity index (χ3v) is 4.11. The molecule has 0 aliphatic carbocycles. The second kappa shape index (κ2) is 6.21. The number of hydrogen-bond acceptors (Lipinski definition) is 5. The summed E-state index contributed by atoms with van der Waals surface area (Å²) < 4.78 is 31.8. The number of nitrogens with two attached hydrogens (primary N) is 1. The van der Waals surface area contributed by atoms with E-state index in [0.29, 0.717) is 5.52 Å². The molecule has 0 saturated carbocycles. The van der Waals surface area contributed by atoms with Crippen LogP contribution in [-0.4, -0.2) is 32.6 Å². The van der Waals surface area contributed by atoms with E-state index in [4.69, 9.17) is 10.5 Å². The molecular formula is C18H17F2N5O. The molecular weight excluding hydrogens is 340 g/mol. The van der Waals surface area contributed by atoms with Crippen molar-refractivity contribution in [3.8, 4) is 17.0 Å². The zero-order valence-corrected chi connectivity index (χ0v) is 13.9. The largest absolute Gasteiger partial charge is 0.470 e. The Balaban J connectivity index is 0.00000210. The third kappa shape index (κ3) is 2.79. The quantitative estimate of drug-likeness (QED) is 0.602. The molecule has 0 unspecified atom stereocenters. The molecule has 2 N–H and O–H groups in total. The molecule has 0 radical (unpaired) electrons. The first-order chi connectivity index (χ1) is 12.5. The number of rotatable bonds is 4. The van der Waals surface area contributed by atoms with Gasteiger partial charge in [0.05, 0.1) is 5.52 Å². The highest BCUT2D eigenvalue weighted by atomic mass is 19.3. The van der Waals surface area contributed by atoms with Gasteiger partial charge in [0.25, 0.3) is 6.43 Å². The maximum absolute atomic E-state index is 12.6. The standard InChI is InChI=1S/C18H15F2N5O.H2/c1-10-4-6-22-14-8-11(2-3-12(10)14)13-5-7-25-16(13)17(23-18(21)24-25)26-9-15(19)20;/h2-8,15H,9H2,1H3,(H2,21,24);1H. The van der Waals surface area contributed by atoms with Gasteiger partial charge in [-0.1, -0.05) is 12.1 Å². The van der Waals surface area contributed by atoms with Crippen molar-refractivity contribution < 1.29 is 14.9 Å². The number of fused-ring (bicyclic) bond motifs is 2. The Morgan fingerprint density at radius 1 is 1.27 bits per heavy atom. The molecule has 0 amide bonds. The normalized spacial score (nSPS) is 11.5. The van der Waals surface area contributed by atoms with Gasteiger partial charge >= 0.3 is 0 Å². The first-order valence-corrected chi connectivity index (χ1v) is 7.94. The smallest absolute Gasteiger partial charge is 0.272 e. The molecule has 3 heterocycles. The minimum Gasteiger partial charge on any atom is -0.470 e. The van der Waals surface area contributed by atoms with Gasteiger partial charge in [-0.15, -0.1) is 5.10 Å². The lowest BCUT2D eigenvalue weighted by molar-refractivity contribution is 0.0802. The van der Waals surface area contributed by atoms with Gasteiger partial charge in [-0.3, -0.25) is 4.98 Å². The number of pyridine rings is 1. The predicted octanol–water partition coefficient (Wildman–Crippen LogP) is 3.73. The van der Waals surface area contributed by atoms with Crippen molar-refractivity contribution in [2.75, 3.05) is 12.3 Å². The number of ether oxygens (including phenoxy) is 1. The molecule has 0 spiro atoms. The summed E-state index contributed by atoms with van der Waals surface area (Å²) in [5.74, 6) is -0.0326. The SMILES string of the molecule is Cc1ccnc2cc(-c3ccn4nc(N)nc(OCC(F)F)c34)ccc12.[HH]. The summed E-state index contributed by atoms with van der Waals surface area (Å²) in [4.78, 5) is 8.38. The highest BCUT2D eigenvalue weighted by Gasteiger charge is 2.16. The summed E-state index contributed by atoms with van der Waals surface area (Å²) >= 11 is 0. The number of aromatic nitrogens is 4. The molecule has 0 aliphatic rings. The van der Waals surface area contributed by atoms with Crippen molar-refractivity contribution in [2.45, 2.75) is 13.3 Å². The molecule has 0 atom stereocenters. The number of halogens is 2. The Morgan fingerprint density at radius 3 is 2.92 bits per heavy atom. The monoisotopic (exact) mass is 357 g/mol. The topological polar surface area (TPSA) is 78.3 Å². The van der Waals surface area contributed by atoms with Crippen LogP contribution in [0.1, 0.15) is 6.99 Å².